The standard InChI is InChI=1S/C8H12FNO5S/c1-5(8(12)13)10-3-6(2-7(10)11)4-16(9,14)15/h5-6H,2-4H2,1H3,(H,12,13). The van der Waals surface area contributed by atoms with Crippen molar-refractivity contribution in [3.8, 4) is 0 Å². The molecule has 92 valence electrons. The lowest BCUT2D eigenvalue weighted by Crippen LogP contribution is -2.40. The van der Waals surface area contributed by atoms with E-state index in [9.17, 15) is 21.9 Å². The maximum atomic E-state index is 12.4. The zero-order chi connectivity index (χ0) is 12.5. The first-order valence-corrected chi connectivity index (χ1v) is 6.20. The molecule has 2 unspecified atom stereocenters. The maximum absolute atomic E-state index is 12.4. The van der Waals surface area contributed by atoms with Gasteiger partial charge in [-0.3, -0.25) is 4.79 Å². The molecular formula is C8H12FNO5S. The number of likely N-dealkylation sites (tertiary alicyclic amines) is 1. The van der Waals surface area contributed by atoms with Crippen molar-refractivity contribution in [1.29, 1.82) is 0 Å². The van der Waals surface area contributed by atoms with Crippen LogP contribution in [0, 0.1) is 5.92 Å². The van der Waals surface area contributed by atoms with E-state index in [1.165, 1.54) is 6.92 Å². The second-order valence-electron chi connectivity index (χ2n) is 3.84. The average molecular weight is 253 g/mol. The molecule has 1 aliphatic rings. The van der Waals surface area contributed by atoms with E-state index in [1.54, 1.807) is 0 Å². The van der Waals surface area contributed by atoms with Crippen molar-refractivity contribution in [1.82, 2.24) is 4.90 Å². The third-order valence-electron chi connectivity index (χ3n) is 2.50. The molecule has 1 saturated heterocycles. The van der Waals surface area contributed by atoms with Gasteiger partial charge in [0.05, 0.1) is 5.75 Å². The minimum Gasteiger partial charge on any atom is -0.480 e. The molecule has 0 bridgehead atoms. The van der Waals surface area contributed by atoms with Crippen molar-refractivity contribution in [2.75, 3.05) is 12.3 Å². The zero-order valence-electron chi connectivity index (χ0n) is 8.59. The molecule has 0 aromatic rings. The van der Waals surface area contributed by atoms with Gasteiger partial charge in [-0.1, -0.05) is 0 Å². The minimum absolute atomic E-state index is 0.0323. The minimum atomic E-state index is -4.63. The smallest absolute Gasteiger partial charge is 0.326 e. The zero-order valence-corrected chi connectivity index (χ0v) is 9.41. The summed E-state index contributed by atoms with van der Waals surface area (Å²) in [4.78, 5) is 23.1. The highest BCUT2D eigenvalue weighted by atomic mass is 32.3. The fourth-order valence-electron chi connectivity index (χ4n) is 1.71. The quantitative estimate of drug-likeness (QED) is 0.689. The van der Waals surface area contributed by atoms with Gasteiger partial charge in [0.1, 0.15) is 6.04 Å². The molecular weight excluding hydrogens is 241 g/mol. The van der Waals surface area contributed by atoms with Crippen LogP contribution in [0.2, 0.25) is 0 Å². The lowest BCUT2D eigenvalue weighted by Gasteiger charge is -2.20. The molecule has 1 amide bonds. The average Bonchev–Trinajstić information content (AvgIpc) is 2.41. The van der Waals surface area contributed by atoms with Crippen LogP contribution in [0.4, 0.5) is 3.89 Å². The Bertz CT molecular complexity index is 407. The van der Waals surface area contributed by atoms with Gasteiger partial charge in [-0.2, -0.15) is 8.42 Å². The number of nitrogens with zero attached hydrogens (tertiary/aromatic N) is 1. The molecule has 0 aromatic heterocycles. The fourth-order valence-corrected chi connectivity index (χ4v) is 2.50. The van der Waals surface area contributed by atoms with Crippen LogP contribution in [0.15, 0.2) is 0 Å². The monoisotopic (exact) mass is 253 g/mol. The van der Waals surface area contributed by atoms with Crippen LogP contribution in [0.3, 0.4) is 0 Å². The number of aliphatic carboxylic acids is 1. The van der Waals surface area contributed by atoms with Crippen molar-refractivity contribution in [3.05, 3.63) is 0 Å². The molecule has 2 atom stereocenters. The van der Waals surface area contributed by atoms with Gasteiger partial charge >= 0.3 is 16.2 Å². The number of carboxylic acid groups (broad SMARTS) is 1. The number of amides is 1. The van der Waals surface area contributed by atoms with Gasteiger partial charge < -0.3 is 10.0 Å². The van der Waals surface area contributed by atoms with Crippen LogP contribution in [0.5, 0.6) is 0 Å². The van der Waals surface area contributed by atoms with E-state index in [4.69, 9.17) is 5.11 Å². The summed E-state index contributed by atoms with van der Waals surface area (Å²) in [6, 6.07) is -1.01. The van der Waals surface area contributed by atoms with E-state index in [0.29, 0.717) is 0 Å². The summed E-state index contributed by atoms with van der Waals surface area (Å²) in [5.74, 6) is -3.02. The molecule has 1 rings (SSSR count). The molecule has 16 heavy (non-hydrogen) atoms. The lowest BCUT2D eigenvalue weighted by molar-refractivity contribution is -0.147. The molecule has 0 aliphatic carbocycles. The summed E-state index contributed by atoms with van der Waals surface area (Å²) in [7, 11) is -4.63. The third kappa shape index (κ3) is 3.16. The molecule has 0 aromatic carbocycles. The second-order valence-corrected chi connectivity index (χ2v) is 5.25. The predicted molar refractivity (Wildman–Crippen MR) is 51.8 cm³/mol. The predicted octanol–water partition coefficient (Wildman–Crippen LogP) is -0.393. The molecule has 6 nitrogen and oxygen atoms in total. The molecule has 1 heterocycles. The summed E-state index contributed by atoms with van der Waals surface area (Å²) in [5.41, 5.74) is 0. The summed E-state index contributed by atoms with van der Waals surface area (Å²) >= 11 is 0. The Kier molecular flexibility index (Phi) is 3.51. The Morgan fingerprint density at radius 3 is 2.69 bits per heavy atom. The number of hydrogen-bond acceptors (Lipinski definition) is 4. The second kappa shape index (κ2) is 4.36. The molecule has 0 saturated carbocycles. The van der Waals surface area contributed by atoms with Gasteiger partial charge in [0, 0.05) is 18.9 Å². The normalized spacial score (nSPS) is 23.5. The Labute approximate surface area is 92.3 Å². The summed E-state index contributed by atoms with van der Waals surface area (Å²) < 4.78 is 33.2. The van der Waals surface area contributed by atoms with Gasteiger partial charge in [0.2, 0.25) is 5.91 Å². The molecule has 0 radical (unpaired) electrons. The number of hydrogen-bond donors (Lipinski definition) is 1. The maximum Gasteiger partial charge on any atom is 0.326 e. The largest absolute Gasteiger partial charge is 0.480 e. The van der Waals surface area contributed by atoms with Crippen LogP contribution in [-0.2, 0) is 19.8 Å². The number of carbonyl (C=O) groups excluding carboxylic acids is 1. The highest BCUT2D eigenvalue weighted by molar-refractivity contribution is 7.86. The SMILES string of the molecule is CC(C(=O)O)N1CC(CS(=O)(=O)F)CC1=O. The van der Waals surface area contributed by atoms with Crippen molar-refractivity contribution in [2.45, 2.75) is 19.4 Å². The van der Waals surface area contributed by atoms with E-state index in [0.717, 1.165) is 4.90 Å². The van der Waals surface area contributed by atoms with E-state index in [1.807, 2.05) is 0 Å². The first-order chi connectivity index (χ1) is 7.20. The summed E-state index contributed by atoms with van der Waals surface area (Å²) in [6.07, 6.45) is -0.124. The van der Waals surface area contributed by atoms with Gasteiger partial charge in [-0.15, -0.1) is 3.89 Å². The van der Waals surface area contributed by atoms with E-state index >= 15 is 0 Å². The van der Waals surface area contributed by atoms with Crippen LogP contribution in [0.25, 0.3) is 0 Å². The van der Waals surface area contributed by atoms with Crippen LogP contribution < -0.4 is 0 Å². The Hall–Kier alpha value is -1.18. The lowest BCUT2D eigenvalue weighted by atomic mass is 10.1. The van der Waals surface area contributed by atoms with Crippen LogP contribution in [-0.4, -0.2) is 48.6 Å². The summed E-state index contributed by atoms with van der Waals surface area (Å²) in [5, 5.41) is 8.69. The van der Waals surface area contributed by atoms with Crippen molar-refractivity contribution >= 4 is 22.1 Å². The number of carbonyl (C=O) groups is 2. The molecule has 1 N–H and O–H groups in total. The van der Waals surface area contributed by atoms with Crippen molar-refractivity contribution in [3.63, 3.8) is 0 Å². The molecule has 1 fully saturated rings. The Balaban J connectivity index is 2.68. The first-order valence-electron chi connectivity index (χ1n) is 4.65. The fraction of sp³-hybridized carbons (Fsp3) is 0.750. The number of carboxylic acids is 1. The van der Waals surface area contributed by atoms with Crippen molar-refractivity contribution < 1.29 is 27.0 Å². The van der Waals surface area contributed by atoms with Crippen LogP contribution >= 0.6 is 0 Å². The summed E-state index contributed by atoms with van der Waals surface area (Å²) in [6.45, 7) is 1.29. The molecule has 8 heteroatoms. The first kappa shape index (κ1) is 12.9. The van der Waals surface area contributed by atoms with E-state index < -0.39 is 39.8 Å². The van der Waals surface area contributed by atoms with Gasteiger partial charge in [-0.25, -0.2) is 4.79 Å². The van der Waals surface area contributed by atoms with Crippen molar-refractivity contribution in [2.24, 2.45) is 5.92 Å². The Morgan fingerprint density at radius 2 is 2.25 bits per heavy atom. The van der Waals surface area contributed by atoms with E-state index in [-0.39, 0.29) is 13.0 Å². The highest BCUT2D eigenvalue weighted by Gasteiger charge is 2.37. The number of halogens is 1. The van der Waals surface area contributed by atoms with Gasteiger partial charge in [0.15, 0.2) is 0 Å². The molecule has 1 aliphatic heterocycles. The van der Waals surface area contributed by atoms with Gasteiger partial charge in [-0.05, 0) is 6.92 Å². The third-order valence-corrected chi connectivity index (χ3v) is 3.37. The van der Waals surface area contributed by atoms with Crippen LogP contribution in [0.1, 0.15) is 13.3 Å². The van der Waals surface area contributed by atoms with Gasteiger partial charge in [0.25, 0.3) is 0 Å². The Morgan fingerprint density at radius 1 is 1.69 bits per heavy atom. The number of rotatable bonds is 4. The topological polar surface area (TPSA) is 91.8 Å². The van der Waals surface area contributed by atoms with E-state index in [2.05, 4.69) is 0 Å². The highest BCUT2D eigenvalue weighted by Crippen LogP contribution is 2.22. The molecule has 0 spiro atoms.